The number of amides is 2. The van der Waals surface area contributed by atoms with Crippen LogP contribution in [-0.2, 0) is 16.1 Å². The third kappa shape index (κ3) is 4.36. The van der Waals surface area contributed by atoms with E-state index in [2.05, 4.69) is 10.1 Å². The largest absolute Gasteiger partial charge is 0.573 e. The Balaban J connectivity index is 1.82. The Hall–Kier alpha value is -3.23. The van der Waals surface area contributed by atoms with Crippen molar-refractivity contribution in [1.82, 2.24) is 4.90 Å². The van der Waals surface area contributed by atoms with Crippen LogP contribution >= 0.6 is 0 Å². The lowest BCUT2D eigenvalue weighted by molar-refractivity contribution is -0.274. The fraction of sp³-hybridized carbons (Fsp3) is 0.263. The van der Waals surface area contributed by atoms with Crippen molar-refractivity contribution < 1.29 is 32.2 Å². The number of carbonyl (C=O) groups excluding carboxylic acids is 2. The van der Waals surface area contributed by atoms with E-state index in [0.717, 1.165) is 17.2 Å². The van der Waals surface area contributed by atoms with Gasteiger partial charge in [-0.25, -0.2) is 4.79 Å². The molecule has 0 bridgehead atoms. The molecule has 1 heterocycles. The maximum absolute atomic E-state index is 12.7. The minimum Gasteiger partial charge on any atom is -0.468 e. The molecule has 0 spiro atoms. The zero-order valence-corrected chi connectivity index (χ0v) is 14.8. The minimum absolute atomic E-state index is 0.0395. The fourth-order valence-corrected chi connectivity index (χ4v) is 3.08. The standard InChI is InChI=1S/C19H17F3N2O4/c1-27-17(25)14-11-24(10-12-6-2-3-7-13(12)14)18(26)23-15-8-4-5-9-16(15)28-19(20,21)22/h2-9,14H,10-11H2,1H3,(H,23,26). The number of fused-ring (bicyclic) bond motifs is 1. The van der Waals surface area contributed by atoms with Gasteiger partial charge in [-0.2, -0.15) is 0 Å². The summed E-state index contributed by atoms with van der Waals surface area (Å²) >= 11 is 0. The molecule has 0 aromatic heterocycles. The molecule has 1 N–H and O–H groups in total. The molecule has 2 aromatic carbocycles. The third-order valence-corrected chi connectivity index (χ3v) is 4.32. The minimum atomic E-state index is -4.89. The van der Waals surface area contributed by atoms with Gasteiger partial charge in [0.1, 0.15) is 0 Å². The Morgan fingerprint density at radius 3 is 2.50 bits per heavy atom. The molecule has 0 saturated carbocycles. The molecule has 0 saturated heterocycles. The number of alkyl halides is 3. The molecule has 0 radical (unpaired) electrons. The number of hydrogen-bond acceptors (Lipinski definition) is 4. The van der Waals surface area contributed by atoms with Crippen LogP contribution in [0.2, 0.25) is 0 Å². The van der Waals surface area contributed by atoms with Gasteiger partial charge in [0.2, 0.25) is 0 Å². The lowest BCUT2D eigenvalue weighted by atomic mass is 9.90. The zero-order chi connectivity index (χ0) is 20.3. The van der Waals surface area contributed by atoms with Gasteiger partial charge in [0.25, 0.3) is 0 Å². The average molecular weight is 394 g/mol. The van der Waals surface area contributed by atoms with Gasteiger partial charge in [0, 0.05) is 13.1 Å². The topological polar surface area (TPSA) is 67.9 Å². The van der Waals surface area contributed by atoms with Crippen LogP contribution < -0.4 is 10.1 Å². The molecule has 0 aliphatic carbocycles. The summed E-state index contributed by atoms with van der Waals surface area (Å²) in [5, 5.41) is 2.42. The summed E-state index contributed by atoms with van der Waals surface area (Å²) in [6, 6.07) is 11.7. The van der Waals surface area contributed by atoms with Gasteiger partial charge in [-0.15, -0.1) is 13.2 Å². The van der Waals surface area contributed by atoms with Gasteiger partial charge >= 0.3 is 18.4 Å². The van der Waals surface area contributed by atoms with Crippen LogP contribution in [0.5, 0.6) is 5.75 Å². The summed E-state index contributed by atoms with van der Waals surface area (Å²) in [4.78, 5) is 26.2. The first-order valence-corrected chi connectivity index (χ1v) is 8.35. The van der Waals surface area contributed by atoms with Crippen molar-refractivity contribution in [3.8, 4) is 5.75 Å². The molecular formula is C19H17F3N2O4. The Morgan fingerprint density at radius 1 is 1.11 bits per heavy atom. The van der Waals surface area contributed by atoms with E-state index in [4.69, 9.17) is 4.74 Å². The van der Waals surface area contributed by atoms with E-state index in [1.165, 1.54) is 30.2 Å². The molecule has 1 aliphatic rings. The molecule has 148 valence electrons. The van der Waals surface area contributed by atoms with Gasteiger partial charge < -0.3 is 19.7 Å². The molecule has 9 heteroatoms. The Morgan fingerprint density at radius 2 is 1.79 bits per heavy atom. The predicted molar refractivity (Wildman–Crippen MR) is 93.8 cm³/mol. The second-order valence-electron chi connectivity index (χ2n) is 6.13. The summed E-state index contributed by atoms with van der Waals surface area (Å²) in [6.45, 7) is 0.246. The van der Waals surface area contributed by atoms with Crippen LogP contribution in [0.25, 0.3) is 0 Å². The average Bonchev–Trinajstić information content (AvgIpc) is 2.66. The van der Waals surface area contributed by atoms with Crippen molar-refractivity contribution in [2.45, 2.75) is 18.8 Å². The quantitative estimate of drug-likeness (QED) is 0.802. The van der Waals surface area contributed by atoms with Gasteiger partial charge in [-0.3, -0.25) is 4.79 Å². The first kappa shape index (κ1) is 19.5. The molecule has 0 fully saturated rings. The van der Waals surface area contributed by atoms with Crippen molar-refractivity contribution in [3.63, 3.8) is 0 Å². The van der Waals surface area contributed by atoms with Crippen LogP contribution in [0.1, 0.15) is 17.0 Å². The summed E-state index contributed by atoms with van der Waals surface area (Å²) in [5.41, 5.74) is 1.40. The number of urea groups is 1. The van der Waals surface area contributed by atoms with Crippen molar-refractivity contribution in [2.75, 3.05) is 19.0 Å². The summed E-state index contributed by atoms with van der Waals surface area (Å²) in [5.74, 6) is -1.70. The molecule has 6 nitrogen and oxygen atoms in total. The number of halogens is 3. The number of esters is 1. The molecule has 1 aliphatic heterocycles. The normalized spacial score (nSPS) is 16.1. The smallest absolute Gasteiger partial charge is 0.468 e. The highest BCUT2D eigenvalue weighted by Gasteiger charge is 2.35. The lowest BCUT2D eigenvalue weighted by Crippen LogP contribution is -2.43. The van der Waals surface area contributed by atoms with Gasteiger partial charge in [0.05, 0.1) is 18.7 Å². The van der Waals surface area contributed by atoms with Crippen LogP contribution in [0, 0.1) is 0 Å². The number of nitrogens with zero attached hydrogens (tertiary/aromatic N) is 1. The van der Waals surface area contributed by atoms with E-state index in [9.17, 15) is 22.8 Å². The summed E-state index contributed by atoms with van der Waals surface area (Å²) < 4.78 is 46.5. The lowest BCUT2D eigenvalue weighted by Gasteiger charge is -2.33. The van der Waals surface area contributed by atoms with Crippen molar-refractivity contribution >= 4 is 17.7 Å². The monoisotopic (exact) mass is 394 g/mol. The highest BCUT2D eigenvalue weighted by atomic mass is 19.4. The van der Waals surface area contributed by atoms with Crippen molar-refractivity contribution in [2.24, 2.45) is 0 Å². The maximum atomic E-state index is 12.7. The highest BCUT2D eigenvalue weighted by molar-refractivity contribution is 5.92. The van der Waals surface area contributed by atoms with E-state index in [-0.39, 0.29) is 18.8 Å². The third-order valence-electron chi connectivity index (χ3n) is 4.32. The van der Waals surface area contributed by atoms with Gasteiger partial charge in [0.15, 0.2) is 5.75 Å². The van der Waals surface area contributed by atoms with Crippen LogP contribution in [0.15, 0.2) is 48.5 Å². The first-order valence-electron chi connectivity index (χ1n) is 8.35. The second-order valence-corrected chi connectivity index (χ2v) is 6.13. The van der Waals surface area contributed by atoms with Gasteiger partial charge in [-0.05, 0) is 23.3 Å². The SMILES string of the molecule is COC(=O)C1CN(C(=O)Nc2ccccc2OC(F)(F)F)Cc2ccccc21. The molecule has 2 amide bonds. The Labute approximate surface area is 158 Å². The number of ether oxygens (including phenoxy) is 2. The molecule has 1 unspecified atom stereocenters. The van der Waals surface area contributed by atoms with Crippen molar-refractivity contribution in [1.29, 1.82) is 0 Å². The van der Waals surface area contributed by atoms with Gasteiger partial charge in [-0.1, -0.05) is 36.4 Å². The Kier molecular flexibility index (Phi) is 5.43. The molecule has 3 rings (SSSR count). The predicted octanol–water partition coefficient (Wildman–Crippen LogP) is 3.89. The van der Waals surface area contributed by atoms with Crippen LogP contribution in [0.4, 0.5) is 23.7 Å². The molecule has 2 aromatic rings. The van der Waals surface area contributed by atoms with E-state index < -0.39 is 30.0 Å². The maximum Gasteiger partial charge on any atom is 0.573 e. The fourth-order valence-electron chi connectivity index (χ4n) is 3.08. The second kappa shape index (κ2) is 7.79. The van der Waals surface area contributed by atoms with E-state index in [1.54, 1.807) is 24.3 Å². The van der Waals surface area contributed by atoms with Crippen LogP contribution in [0.3, 0.4) is 0 Å². The molecular weight excluding hydrogens is 377 g/mol. The molecule has 28 heavy (non-hydrogen) atoms. The number of benzene rings is 2. The summed E-state index contributed by atoms with van der Waals surface area (Å²) in [6.07, 6.45) is -4.89. The van der Waals surface area contributed by atoms with E-state index >= 15 is 0 Å². The molecule has 1 atom stereocenters. The van der Waals surface area contributed by atoms with E-state index in [0.29, 0.717) is 0 Å². The van der Waals surface area contributed by atoms with Crippen molar-refractivity contribution in [3.05, 3.63) is 59.7 Å². The zero-order valence-electron chi connectivity index (χ0n) is 14.8. The van der Waals surface area contributed by atoms with E-state index in [1.807, 2.05) is 0 Å². The highest BCUT2D eigenvalue weighted by Crippen LogP contribution is 2.32. The number of nitrogens with one attached hydrogen (secondary N) is 1. The number of carbonyl (C=O) groups is 2. The number of methoxy groups -OCH3 is 1. The Bertz CT molecular complexity index is 885. The summed E-state index contributed by atoms with van der Waals surface area (Å²) in [7, 11) is 1.26. The number of rotatable bonds is 3. The number of hydrogen-bond donors (Lipinski definition) is 1. The number of para-hydroxylation sites is 2. The van der Waals surface area contributed by atoms with Crippen LogP contribution in [-0.4, -0.2) is 36.9 Å². The number of anilines is 1. The first-order chi connectivity index (χ1) is 13.3.